The van der Waals surface area contributed by atoms with E-state index < -0.39 is 17.4 Å². The Morgan fingerprint density at radius 3 is 2.89 bits per heavy atom. The Morgan fingerprint density at radius 1 is 1.56 bits per heavy atom. The number of nitrogens with one attached hydrogen (secondary N) is 2. The summed E-state index contributed by atoms with van der Waals surface area (Å²) < 4.78 is 9.99. The molecule has 1 saturated heterocycles. The van der Waals surface area contributed by atoms with Crippen LogP contribution in [0.2, 0.25) is 0 Å². The first-order valence-corrected chi connectivity index (χ1v) is 5.85. The van der Waals surface area contributed by atoms with Crippen molar-refractivity contribution in [2.75, 3.05) is 33.5 Å². The lowest BCUT2D eigenvalue weighted by Crippen LogP contribution is -2.52. The highest BCUT2D eigenvalue weighted by Gasteiger charge is 2.47. The molecule has 1 fully saturated rings. The smallest absolute Gasteiger partial charge is 0.315 e. The molecule has 18 heavy (non-hydrogen) atoms. The van der Waals surface area contributed by atoms with Crippen molar-refractivity contribution in [1.82, 2.24) is 10.6 Å². The molecule has 1 rings (SSSR count). The molecule has 0 aromatic heterocycles. The van der Waals surface area contributed by atoms with Crippen LogP contribution in [0.25, 0.3) is 0 Å². The average molecular weight is 260 g/mol. The Morgan fingerprint density at radius 2 is 2.28 bits per heavy atom. The minimum absolute atomic E-state index is 0.108. The molecule has 1 aliphatic heterocycles. The normalized spacial score (nSPS) is 26.9. The maximum absolute atomic E-state index is 11.6. The van der Waals surface area contributed by atoms with E-state index in [1.165, 1.54) is 0 Å². The van der Waals surface area contributed by atoms with Gasteiger partial charge in [0.15, 0.2) is 0 Å². The van der Waals surface area contributed by atoms with Crippen LogP contribution in [0.15, 0.2) is 0 Å². The predicted octanol–water partition coefficient (Wildman–Crippen LogP) is -0.188. The van der Waals surface area contributed by atoms with Crippen molar-refractivity contribution in [3.63, 3.8) is 0 Å². The SMILES string of the molecule is COCCCNC(=O)NC1COCC1(C)C(=O)O. The molecule has 0 radical (unpaired) electrons. The van der Waals surface area contributed by atoms with Gasteiger partial charge >= 0.3 is 12.0 Å². The van der Waals surface area contributed by atoms with Crippen molar-refractivity contribution in [3.05, 3.63) is 0 Å². The highest BCUT2D eigenvalue weighted by molar-refractivity contribution is 5.79. The van der Waals surface area contributed by atoms with E-state index in [4.69, 9.17) is 14.6 Å². The third-order valence-electron chi connectivity index (χ3n) is 3.06. The van der Waals surface area contributed by atoms with E-state index in [2.05, 4.69) is 10.6 Å². The summed E-state index contributed by atoms with van der Waals surface area (Å²) in [6.45, 7) is 2.94. The molecular formula is C11H20N2O5. The number of aliphatic carboxylic acids is 1. The van der Waals surface area contributed by atoms with Gasteiger partial charge in [-0.05, 0) is 13.3 Å². The van der Waals surface area contributed by atoms with Crippen LogP contribution in [-0.2, 0) is 14.3 Å². The van der Waals surface area contributed by atoms with E-state index in [1.807, 2.05) is 0 Å². The Bertz CT molecular complexity index is 310. The molecule has 2 unspecified atom stereocenters. The van der Waals surface area contributed by atoms with Crippen molar-refractivity contribution in [2.45, 2.75) is 19.4 Å². The third kappa shape index (κ3) is 3.58. The van der Waals surface area contributed by atoms with Gasteiger partial charge in [0.05, 0.1) is 19.3 Å². The molecule has 0 aromatic rings. The van der Waals surface area contributed by atoms with Crippen molar-refractivity contribution in [1.29, 1.82) is 0 Å². The number of methoxy groups -OCH3 is 1. The van der Waals surface area contributed by atoms with Gasteiger partial charge in [-0.1, -0.05) is 0 Å². The fourth-order valence-corrected chi connectivity index (χ4v) is 1.71. The van der Waals surface area contributed by atoms with Gasteiger partial charge < -0.3 is 25.2 Å². The molecule has 7 nitrogen and oxygen atoms in total. The van der Waals surface area contributed by atoms with E-state index in [1.54, 1.807) is 14.0 Å². The lowest BCUT2D eigenvalue weighted by molar-refractivity contribution is -0.148. The number of carboxylic acid groups (broad SMARTS) is 1. The number of amides is 2. The number of rotatable bonds is 6. The molecule has 3 N–H and O–H groups in total. The van der Waals surface area contributed by atoms with Crippen molar-refractivity contribution in [3.8, 4) is 0 Å². The van der Waals surface area contributed by atoms with Crippen LogP contribution in [-0.4, -0.2) is 56.6 Å². The molecule has 7 heteroatoms. The third-order valence-corrected chi connectivity index (χ3v) is 3.06. The van der Waals surface area contributed by atoms with Crippen LogP contribution in [0.4, 0.5) is 4.79 Å². The highest BCUT2D eigenvalue weighted by Crippen LogP contribution is 2.28. The van der Waals surface area contributed by atoms with E-state index >= 15 is 0 Å². The summed E-state index contributed by atoms with van der Waals surface area (Å²) in [5.74, 6) is -0.968. The Kier molecular flexibility index (Phi) is 5.36. The first-order chi connectivity index (χ1) is 8.50. The van der Waals surface area contributed by atoms with Gasteiger partial charge in [-0.2, -0.15) is 0 Å². The minimum atomic E-state index is -1.07. The maximum atomic E-state index is 11.6. The fourth-order valence-electron chi connectivity index (χ4n) is 1.71. The van der Waals surface area contributed by atoms with Gasteiger partial charge in [0, 0.05) is 20.3 Å². The van der Waals surface area contributed by atoms with E-state index in [0.717, 1.165) is 0 Å². The second-order valence-electron chi connectivity index (χ2n) is 4.54. The molecule has 0 aliphatic carbocycles. The van der Waals surface area contributed by atoms with Gasteiger partial charge in [0.2, 0.25) is 0 Å². The number of hydrogen-bond donors (Lipinski definition) is 3. The first kappa shape index (κ1) is 14.7. The number of hydrogen-bond acceptors (Lipinski definition) is 4. The molecule has 1 heterocycles. The summed E-state index contributed by atoms with van der Waals surface area (Å²) in [6, 6.07) is -0.897. The van der Waals surface area contributed by atoms with E-state index in [9.17, 15) is 9.59 Å². The monoisotopic (exact) mass is 260 g/mol. The largest absolute Gasteiger partial charge is 0.481 e. The summed E-state index contributed by atoms with van der Waals surface area (Å²) in [7, 11) is 1.59. The van der Waals surface area contributed by atoms with Gasteiger partial charge in [0.1, 0.15) is 5.41 Å². The summed E-state index contributed by atoms with van der Waals surface area (Å²) >= 11 is 0. The minimum Gasteiger partial charge on any atom is -0.481 e. The summed E-state index contributed by atoms with van der Waals surface area (Å²) in [6.07, 6.45) is 0.710. The highest BCUT2D eigenvalue weighted by atomic mass is 16.5. The standard InChI is InChI=1S/C11H20N2O5/c1-11(9(14)15)7-18-6-8(11)13-10(16)12-4-3-5-17-2/h8H,3-7H2,1-2H3,(H,14,15)(H2,12,13,16). The summed E-state index contributed by atoms with van der Waals surface area (Å²) in [4.78, 5) is 22.7. The van der Waals surface area contributed by atoms with Gasteiger partial charge in [0.25, 0.3) is 0 Å². The molecule has 0 bridgehead atoms. The molecule has 2 atom stereocenters. The number of ether oxygens (including phenoxy) is 2. The zero-order chi connectivity index (χ0) is 13.6. The Hall–Kier alpha value is -1.34. The molecule has 0 spiro atoms. The molecule has 104 valence electrons. The van der Waals surface area contributed by atoms with Crippen molar-refractivity contribution in [2.24, 2.45) is 5.41 Å². The van der Waals surface area contributed by atoms with Crippen LogP contribution in [0.3, 0.4) is 0 Å². The molecule has 0 aromatic carbocycles. The first-order valence-electron chi connectivity index (χ1n) is 5.85. The quantitative estimate of drug-likeness (QED) is 0.575. The summed E-state index contributed by atoms with van der Waals surface area (Å²) in [5.41, 5.74) is -1.07. The Labute approximate surface area is 106 Å². The van der Waals surface area contributed by atoms with Crippen LogP contribution >= 0.6 is 0 Å². The lowest BCUT2D eigenvalue weighted by Gasteiger charge is -2.25. The van der Waals surface area contributed by atoms with Gasteiger partial charge in [-0.25, -0.2) is 4.79 Å². The van der Waals surface area contributed by atoms with Crippen LogP contribution in [0, 0.1) is 5.41 Å². The molecule has 2 amide bonds. The zero-order valence-corrected chi connectivity index (χ0v) is 10.7. The number of carbonyl (C=O) groups excluding carboxylic acids is 1. The van der Waals surface area contributed by atoms with Crippen LogP contribution in [0.5, 0.6) is 0 Å². The molecule has 0 saturated carbocycles. The maximum Gasteiger partial charge on any atom is 0.315 e. The lowest BCUT2D eigenvalue weighted by atomic mass is 9.85. The van der Waals surface area contributed by atoms with Crippen LogP contribution in [0.1, 0.15) is 13.3 Å². The average Bonchev–Trinajstić information content (AvgIpc) is 2.68. The zero-order valence-electron chi connectivity index (χ0n) is 10.7. The van der Waals surface area contributed by atoms with Crippen LogP contribution < -0.4 is 10.6 Å². The number of carboxylic acids is 1. The second kappa shape index (κ2) is 6.55. The van der Waals surface area contributed by atoms with Crippen molar-refractivity contribution >= 4 is 12.0 Å². The topological polar surface area (TPSA) is 96.9 Å². The fraction of sp³-hybridized carbons (Fsp3) is 0.818. The predicted molar refractivity (Wildman–Crippen MR) is 63.4 cm³/mol. The molecule has 1 aliphatic rings. The van der Waals surface area contributed by atoms with E-state index in [-0.39, 0.29) is 19.2 Å². The number of urea groups is 1. The Balaban J connectivity index is 2.37. The van der Waals surface area contributed by atoms with Gasteiger partial charge in [-0.15, -0.1) is 0 Å². The van der Waals surface area contributed by atoms with E-state index in [0.29, 0.717) is 19.6 Å². The second-order valence-corrected chi connectivity index (χ2v) is 4.54. The molecular weight excluding hydrogens is 240 g/mol. The van der Waals surface area contributed by atoms with Gasteiger partial charge in [-0.3, -0.25) is 4.79 Å². The van der Waals surface area contributed by atoms with Crippen molar-refractivity contribution < 1.29 is 24.2 Å². The summed E-state index contributed by atoms with van der Waals surface area (Å²) in [5, 5.41) is 14.4. The number of carbonyl (C=O) groups is 2.